The fraction of sp³-hybridized carbons (Fsp3) is 0.114. The zero-order chi connectivity index (χ0) is 92.5. The van der Waals surface area contributed by atoms with E-state index in [0.717, 1.165) is 27.9 Å². The minimum Gasteiger partial charge on any atom is -0.510 e. The Kier molecular flexibility index (Phi) is 8.64. The van der Waals surface area contributed by atoms with Crippen molar-refractivity contribution in [2.75, 3.05) is 0 Å². The maximum Gasteiger partial charge on any atom is 0.268 e. The quantitative estimate of drug-likeness (QED) is 0.0592. The molecule has 0 saturated heterocycles. The van der Waals surface area contributed by atoms with Crippen molar-refractivity contribution in [1.82, 2.24) is 14.1 Å². The molecule has 0 unspecified atom stereocenters. The third kappa shape index (κ3) is 10.4. The Morgan fingerprint density at radius 1 is 0.484 bits per heavy atom. The second-order valence-electron chi connectivity index (χ2n) is 24.7. The smallest absolute Gasteiger partial charge is 0.268 e. The molecule has 0 atom stereocenters. The van der Waals surface area contributed by atoms with Gasteiger partial charge in [-0.15, -0.1) is 29.7 Å². The number of nitrogens with zero attached hydrogens (tertiary/aromatic N) is 4. The number of hydrogen-bond acceptors (Lipinski definition) is 2. The summed E-state index contributed by atoms with van der Waals surface area (Å²) in [5, 5.41) is -3.09. The number of imidazole rings is 1. The number of aromatic nitrogens is 4. The number of pyridine rings is 1. The summed E-state index contributed by atoms with van der Waals surface area (Å²) in [6.07, 6.45) is 5.09. The van der Waals surface area contributed by atoms with Crippen molar-refractivity contribution in [2.45, 2.75) is 66.1 Å². The van der Waals surface area contributed by atoms with Crippen LogP contribution in [0.3, 0.4) is 0 Å². The predicted octanol–water partition coefficient (Wildman–Crippen LogP) is 18.8. The molecule has 5 nitrogen and oxygen atoms in total. The zero-order valence-corrected chi connectivity index (χ0v) is 54.8. The average molecular weight is 1460 g/mol. The second-order valence-corrected chi connectivity index (χ2v) is 28.2. The van der Waals surface area contributed by atoms with Gasteiger partial charge in [-0.1, -0.05) is 265 Å². The Labute approximate surface area is 618 Å². The number of rotatable bonds is 10. The van der Waals surface area contributed by atoms with Crippen LogP contribution in [0.5, 0.6) is 11.5 Å². The number of para-hydroxylation sites is 1. The molecule has 0 aliphatic carbocycles. The molecule has 1 aliphatic heterocycles. The van der Waals surface area contributed by atoms with Gasteiger partial charge in [0.1, 0.15) is 5.82 Å². The van der Waals surface area contributed by atoms with Gasteiger partial charge < -0.3 is 13.9 Å². The summed E-state index contributed by atoms with van der Waals surface area (Å²) < 4.78 is 330. The van der Waals surface area contributed by atoms with Gasteiger partial charge in [0.2, 0.25) is 0 Å². The summed E-state index contributed by atoms with van der Waals surface area (Å²) in [5.74, 6) is 0.601. The predicted molar refractivity (Wildman–Crippen MR) is 391 cm³/mol. The standard InChI is InChI=1S/C88H70N4OSi.Pt/c1-58-27-24-28-59(2)84(58)79-53-63(88(6,7)8)52-78-74-42-21-19-40-72(74)71-39-18-20-41-73(71)77-50-61(60-29-25-38-70(49-60)94(67-32-12-9-13-33-67,68-34-14-10-15-35-68)69-36-16-11-17-37-69)51-82-86(77)91(85(78)79)57-90(82)64-30-26-31-65(55-64)93-66-45-46-76-75-43-22-23-44-80(75)92(81(76)56-66)83-54-62(47-48-89-83)87(3,4)5;/h9-54H,1-8H3;/q-2;/i1D3,2D3,9D,10D,11D,12D,13D,14D,15D,16D,17D,18D,19D,20D,21D,25D,29D,32D,33D,34D,35D,36D,37D,38D,39D,40D,41D,42D,49D;. The van der Waals surface area contributed by atoms with Gasteiger partial charge in [0.25, 0.3) is 6.33 Å². The summed E-state index contributed by atoms with van der Waals surface area (Å²) in [4.78, 5) is 4.83. The number of ether oxygens (including phenoxy) is 1. The van der Waals surface area contributed by atoms with E-state index in [4.69, 9.17) is 13.8 Å². The van der Waals surface area contributed by atoms with Crippen molar-refractivity contribution in [3.05, 3.63) is 319 Å². The van der Waals surface area contributed by atoms with Crippen LogP contribution in [0.2, 0.25) is 0 Å². The number of fused-ring (bicyclic) bond motifs is 10. The van der Waals surface area contributed by atoms with Gasteiger partial charge in [-0.2, -0.15) is 18.2 Å². The summed E-state index contributed by atoms with van der Waals surface area (Å²) in [7, 11) is -6.62. The molecule has 95 heavy (non-hydrogen) atoms. The number of aryl methyl sites for hydroxylation is 2. The topological polar surface area (TPSA) is 35.9 Å². The minimum atomic E-state index is -6.62. The summed E-state index contributed by atoms with van der Waals surface area (Å²) in [5.41, 5.74) is -6.41. The van der Waals surface area contributed by atoms with Crippen LogP contribution in [-0.2, 0) is 31.9 Å². The molecule has 464 valence electrons. The van der Waals surface area contributed by atoms with Crippen molar-refractivity contribution >= 4 is 61.7 Å². The first-order chi connectivity index (χ1) is 59.3. The molecule has 0 radical (unpaired) electrons. The minimum absolute atomic E-state index is 0. The molecule has 0 saturated carbocycles. The van der Waals surface area contributed by atoms with Gasteiger partial charge in [-0.25, -0.2) is 4.98 Å². The molecule has 16 rings (SSSR count). The van der Waals surface area contributed by atoms with Gasteiger partial charge in [-0.05, 0) is 159 Å². The molecular formula is C88H70N4OPtSi-2. The van der Waals surface area contributed by atoms with Crippen LogP contribution in [0.25, 0.3) is 106 Å². The van der Waals surface area contributed by atoms with Crippen LogP contribution in [0.15, 0.2) is 279 Å². The third-order valence-corrected chi connectivity index (χ3v) is 21.0. The average Bonchev–Trinajstić information content (AvgIpc) is 0.976. The SMILES string of the molecule is [2H]c1c([2H])c([2H])c([Si](c2c([2H])c([2H])c([2H])c([2H])c2[2H])(c2c([2H])c([2H])c([2H])c([2H])c2[2H])c2c([2H])c([2H])c([2H])c(-c3cc4c5c(c3)n(-c3[c-]c(Oc6[c-]c7c(cc6)c6ccccc6n7-c6cc(C(C)(C)C)ccn6)ccc3)[c-][n+]5-c3c(-c5c(C([2H])([2H])[2H])cccc5C([2H])([2H])[2H])cc(C(C)(C)C)cc3-c3c([2H])c([2H])c([2H])c([2H])c3-c3c([2H])c([2H])c([2H])c([2H])c3-4)c2[2H])c([2H])c1[2H].[Pt]. The normalized spacial score (nSPS) is 17.3. The molecule has 0 N–H and O–H groups in total. The molecule has 0 amide bonds. The Bertz CT molecular complexity index is 7120. The largest absolute Gasteiger partial charge is 0.510 e. The van der Waals surface area contributed by atoms with Crippen molar-refractivity contribution in [2.24, 2.45) is 0 Å². The van der Waals surface area contributed by atoms with Crippen molar-refractivity contribution < 1.29 is 75.6 Å². The maximum absolute atomic E-state index is 11.1. The van der Waals surface area contributed by atoms with Gasteiger partial charge in [0.05, 0.1) is 53.7 Å². The Morgan fingerprint density at radius 2 is 1.06 bits per heavy atom. The Balaban J connectivity index is 0.0000126. The molecule has 0 spiro atoms. The van der Waals surface area contributed by atoms with Gasteiger partial charge in [0, 0.05) is 52.5 Å². The molecule has 1 aliphatic rings. The molecule has 4 heterocycles. The molecule has 15 aromatic rings. The van der Waals surface area contributed by atoms with Crippen LogP contribution in [0.1, 0.15) is 109 Å². The molecule has 12 aromatic carbocycles. The van der Waals surface area contributed by atoms with E-state index in [-0.39, 0.29) is 77.1 Å². The van der Waals surface area contributed by atoms with E-state index in [1.807, 2.05) is 47.0 Å². The zero-order valence-electron chi connectivity index (χ0n) is 84.5. The van der Waals surface area contributed by atoms with E-state index >= 15 is 0 Å². The monoisotopic (exact) mass is 1450 g/mol. The van der Waals surface area contributed by atoms with E-state index in [1.165, 1.54) is 63.7 Å². The van der Waals surface area contributed by atoms with Crippen LogP contribution in [-0.4, -0.2) is 22.2 Å². The van der Waals surface area contributed by atoms with Gasteiger partial charge in [-0.3, -0.25) is 4.57 Å². The molecular weight excluding hydrogens is 1350 g/mol. The Hall–Kier alpha value is -10.2. The van der Waals surface area contributed by atoms with E-state index in [1.54, 1.807) is 33.0 Å². The second kappa shape index (κ2) is 24.0. The molecule has 0 bridgehead atoms. The molecule has 0 fully saturated rings. The van der Waals surface area contributed by atoms with E-state index < -0.39 is 267 Å². The van der Waals surface area contributed by atoms with Crippen LogP contribution in [0.4, 0.5) is 0 Å². The van der Waals surface area contributed by atoms with Crippen molar-refractivity contribution in [3.63, 3.8) is 0 Å². The van der Waals surface area contributed by atoms with Crippen molar-refractivity contribution in [1.29, 1.82) is 0 Å². The van der Waals surface area contributed by atoms with Gasteiger partial charge >= 0.3 is 0 Å². The maximum atomic E-state index is 11.1. The molecule has 7 heteroatoms. The van der Waals surface area contributed by atoms with Gasteiger partial charge in [0.15, 0.2) is 8.07 Å². The van der Waals surface area contributed by atoms with Crippen LogP contribution >= 0.6 is 0 Å². The van der Waals surface area contributed by atoms with E-state index in [0.29, 0.717) is 11.3 Å². The third-order valence-electron chi connectivity index (χ3n) is 17.0. The molecule has 3 aromatic heterocycles. The van der Waals surface area contributed by atoms with E-state index in [9.17, 15) is 41.1 Å². The van der Waals surface area contributed by atoms with E-state index in [2.05, 4.69) is 39.2 Å². The fourth-order valence-electron chi connectivity index (χ4n) is 12.5. The first kappa shape index (κ1) is 34.3. The first-order valence-electron chi connectivity index (χ1n) is 46.4. The van der Waals surface area contributed by atoms with Crippen LogP contribution < -0.4 is 30.1 Å². The first-order valence-corrected chi connectivity index (χ1v) is 31.9. The number of benzene rings is 12. The summed E-state index contributed by atoms with van der Waals surface area (Å²) in [6, 6.07) is 4.23. The number of hydrogen-bond donors (Lipinski definition) is 0. The van der Waals surface area contributed by atoms with Crippen molar-refractivity contribution in [3.8, 4) is 84.3 Å². The van der Waals surface area contributed by atoms with Crippen LogP contribution in [0, 0.1) is 32.2 Å². The Morgan fingerprint density at radius 3 is 1.71 bits per heavy atom. The fourth-order valence-corrected chi connectivity index (χ4v) is 16.1. The summed E-state index contributed by atoms with van der Waals surface area (Å²) >= 11 is 0. The summed E-state index contributed by atoms with van der Waals surface area (Å²) in [6.45, 7) is 5.07.